The van der Waals surface area contributed by atoms with E-state index in [9.17, 15) is 17.6 Å². The van der Waals surface area contributed by atoms with Crippen LogP contribution < -0.4 is 4.74 Å². The van der Waals surface area contributed by atoms with Gasteiger partial charge in [-0.3, -0.25) is 4.79 Å². The van der Waals surface area contributed by atoms with E-state index in [1.807, 2.05) is 0 Å². The number of benzene rings is 1. The van der Waals surface area contributed by atoms with Crippen LogP contribution in [0.2, 0.25) is 0 Å². The zero-order valence-electron chi connectivity index (χ0n) is 11.7. The summed E-state index contributed by atoms with van der Waals surface area (Å²) in [6.45, 7) is 0.547. The molecule has 1 saturated heterocycles. The quantitative estimate of drug-likeness (QED) is 0.746. The Balaban J connectivity index is 2.11. The first kappa shape index (κ1) is 15.9. The summed E-state index contributed by atoms with van der Waals surface area (Å²) in [6, 6.07) is 3.44. The van der Waals surface area contributed by atoms with Crippen molar-refractivity contribution in [3.63, 3.8) is 0 Å². The molecule has 5 nitrogen and oxygen atoms in total. The van der Waals surface area contributed by atoms with Crippen molar-refractivity contribution in [3.8, 4) is 5.75 Å². The van der Waals surface area contributed by atoms with Crippen LogP contribution in [0, 0.1) is 5.82 Å². The maximum atomic E-state index is 13.2. The van der Waals surface area contributed by atoms with E-state index >= 15 is 0 Å². The molecule has 21 heavy (non-hydrogen) atoms. The average molecular weight is 316 g/mol. The normalized spacial score (nSPS) is 18.7. The lowest BCUT2D eigenvalue weighted by Gasteiger charge is -2.11. The number of carbonyl (C=O) groups excluding carboxylic acids is 1. The summed E-state index contributed by atoms with van der Waals surface area (Å²) < 4.78 is 47.5. The average Bonchev–Trinajstić information content (AvgIpc) is 2.90. The van der Waals surface area contributed by atoms with Crippen LogP contribution in [0.4, 0.5) is 4.39 Å². The molecule has 0 aliphatic carbocycles. The van der Waals surface area contributed by atoms with Gasteiger partial charge in [0, 0.05) is 6.61 Å². The predicted molar refractivity (Wildman–Crippen MR) is 74.9 cm³/mol. The fourth-order valence-corrected chi connectivity index (χ4v) is 3.80. The molecule has 1 fully saturated rings. The smallest absolute Gasteiger partial charge is 0.181 e. The molecule has 1 unspecified atom stereocenters. The van der Waals surface area contributed by atoms with E-state index in [0.29, 0.717) is 13.0 Å². The van der Waals surface area contributed by atoms with E-state index in [1.54, 1.807) is 0 Å². The van der Waals surface area contributed by atoms with E-state index in [-0.39, 0.29) is 23.2 Å². The lowest BCUT2D eigenvalue weighted by molar-refractivity contribution is 0.101. The van der Waals surface area contributed by atoms with Crippen LogP contribution in [0.15, 0.2) is 18.2 Å². The van der Waals surface area contributed by atoms with E-state index in [0.717, 1.165) is 18.6 Å². The summed E-state index contributed by atoms with van der Waals surface area (Å²) in [5, 5.41) is 0. The molecule has 116 valence electrons. The summed E-state index contributed by atoms with van der Waals surface area (Å²) in [7, 11) is -2.26. The van der Waals surface area contributed by atoms with Crippen molar-refractivity contribution < 1.29 is 27.1 Å². The number of methoxy groups -OCH3 is 1. The van der Waals surface area contributed by atoms with Gasteiger partial charge in [0.05, 0.1) is 24.5 Å². The van der Waals surface area contributed by atoms with Gasteiger partial charge < -0.3 is 9.47 Å². The molecule has 7 heteroatoms. The Bertz CT molecular complexity index is 620. The predicted octanol–water partition coefficient (Wildman–Crippen LogP) is 1.61. The molecule has 1 aliphatic rings. The summed E-state index contributed by atoms with van der Waals surface area (Å²) in [5.74, 6) is -1.99. The Morgan fingerprint density at radius 2 is 2.24 bits per heavy atom. The fraction of sp³-hybridized carbons (Fsp3) is 0.500. The van der Waals surface area contributed by atoms with Crippen LogP contribution >= 0.6 is 0 Å². The topological polar surface area (TPSA) is 69.7 Å². The lowest BCUT2D eigenvalue weighted by Crippen LogP contribution is -2.26. The molecule has 0 radical (unpaired) electrons. The standard InChI is InChI=1S/C14H17FO5S/c1-19-14-5-4-10(15)7-12(14)13(16)9-21(17,18)8-11-3-2-6-20-11/h4-5,7,11H,2-3,6,8-9H2,1H3. The second-order valence-electron chi connectivity index (χ2n) is 4.96. The summed E-state index contributed by atoms with van der Waals surface area (Å²) in [6.07, 6.45) is 1.15. The van der Waals surface area contributed by atoms with Gasteiger partial charge in [-0.25, -0.2) is 12.8 Å². The number of hydrogen-bond acceptors (Lipinski definition) is 5. The molecule has 1 aromatic rings. The van der Waals surface area contributed by atoms with Crippen LogP contribution in [-0.2, 0) is 14.6 Å². The molecular weight excluding hydrogens is 299 g/mol. The Morgan fingerprint density at radius 3 is 2.86 bits per heavy atom. The van der Waals surface area contributed by atoms with Gasteiger partial charge in [0.25, 0.3) is 0 Å². The Morgan fingerprint density at radius 1 is 1.48 bits per heavy atom. The third-order valence-corrected chi connectivity index (χ3v) is 4.86. The van der Waals surface area contributed by atoms with Crippen LogP contribution in [0.3, 0.4) is 0 Å². The van der Waals surface area contributed by atoms with Gasteiger partial charge in [-0.05, 0) is 31.0 Å². The van der Waals surface area contributed by atoms with Gasteiger partial charge in [-0.1, -0.05) is 0 Å². The number of rotatable bonds is 6. The molecule has 0 bridgehead atoms. The Kier molecular flexibility index (Phi) is 4.95. The minimum Gasteiger partial charge on any atom is -0.496 e. The van der Waals surface area contributed by atoms with Crippen molar-refractivity contribution in [3.05, 3.63) is 29.6 Å². The number of halogens is 1. The fourth-order valence-electron chi connectivity index (χ4n) is 2.29. The van der Waals surface area contributed by atoms with Crippen molar-refractivity contribution in [2.75, 3.05) is 25.2 Å². The van der Waals surface area contributed by atoms with E-state index in [2.05, 4.69) is 0 Å². The van der Waals surface area contributed by atoms with Gasteiger partial charge in [-0.2, -0.15) is 0 Å². The van der Waals surface area contributed by atoms with Crippen molar-refractivity contribution in [2.45, 2.75) is 18.9 Å². The molecule has 0 N–H and O–H groups in total. The minimum atomic E-state index is -3.60. The zero-order chi connectivity index (χ0) is 15.5. The molecular formula is C14H17FO5S. The molecule has 0 aromatic heterocycles. The Hall–Kier alpha value is -1.47. The first-order valence-corrected chi connectivity index (χ1v) is 8.42. The van der Waals surface area contributed by atoms with Crippen LogP contribution in [0.5, 0.6) is 5.75 Å². The highest BCUT2D eigenvalue weighted by atomic mass is 32.2. The highest BCUT2D eigenvalue weighted by Crippen LogP contribution is 2.21. The monoisotopic (exact) mass is 316 g/mol. The molecule has 1 aromatic carbocycles. The van der Waals surface area contributed by atoms with Gasteiger partial charge >= 0.3 is 0 Å². The lowest BCUT2D eigenvalue weighted by atomic mass is 10.1. The first-order valence-electron chi connectivity index (χ1n) is 6.60. The number of ether oxygens (including phenoxy) is 2. The Labute approximate surface area is 123 Å². The van der Waals surface area contributed by atoms with Crippen molar-refractivity contribution in [1.29, 1.82) is 0 Å². The van der Waals surface area contributed by atoms with Gasteiger partial charge in [0.1, 0.15) is 17.3 Å². The largest absolute Gasteiger partial charge is 0.496 e. The third-order valence-electron chi connectivity index (χ3n) is 3.28. The molecule has 0 saturated carbocycles. The van der Waals surface area contributed by atoms with Crippen LogP contribution in [0.1, 0.15) is 23.2 Å². The van der Waals surface area contributed by atoms with Crippen molar-refractivity contribution in [1.82, 2.24) is 0 Å². The van der Waals surface area contributed by atoms with Crippen molar-refractivity contribution in [2.24, 2.45) is 0 Å². The molecule has 1 aliphatic heterocycles. The highest BCUT2D eigenvalue weighted by molar-refractivity contribution is 7.92. The minimum absolute atomic E-state index is 0.0617. The van der Waals surface area contributed by atoms with E-state index in [4.69, 9.17) is 9.47 Å². The number of Topliss-reactive ketones (excluding diaryl/α,β-unsaturated/α-hetero) is 1. The highest BCUT2D eigenvalue weighted by Gasteiger charge is 2.27. The molecule has 0 spiro atoms. The van der Waals surface area contributed by atoms with Gasteiger partial charge in [0.2, 0.25) is 0 Å². The van der Waals surface area contributed by atoms with Crippen molar-refractivity contribution >= 4 is 15.6 Å². The maximum Gasteiger partial charge on any atom is 0.181 e. The molecule has 0 amide bonds. The molecule has 1 atom stereocenters. The first-order chi connectivity index (χ1) is 9.91. The molecule has 1 heterocycles. The number of carbonyl (C=O) groups is 1. The second kappa shape index (κ2) is 6.53. The van der Waals surface area contributed by atoms with E-state index in [1.165, 1.54) is 13.2 Å². The molecule has 2 rings (SSSR count). The van der Waals surface area contributed by atoms with Gasteiger partial charge in [0.15, 0.2) is 15.6 Å². The van der Waals surface area contributed by atoms with Crippen LogP contribution in [-0.4, -0.2) is 45.5 Å². The zero-order valence-corrected chi connectivity index (χ0v) is 12.5. The summed E-state index contributed by atoms with van der Waals surface area (Å²) in [5.41, 5.74) is -0.0617. The maximum absolute atomic E-state index is 13.2. The second-order valence-corrected chi connectivity index (χ2v) is 7.07. The van der Waals surface area contributed by atoms with E-state index < -0.39 is 27.2 Å². The third kappa shape index (κ3) is 4.25. The SMILES string of the molecule is COc1ccc(F)cc1C(=O)CS(=O)(=O)CC1CCCO1. The summed E-state index contributed by atoms with van der Waals surface area (Å²) >= 11 is 0. The van der Waals surface area contributed by atoms with Gasteiger partial charge in [-0.15, -0.1) is 0 Å². The summed E-state index contributed by atoms with van der Waals surface area (Å²) in [4.78, 5) is 12.1. The number of hydrogen-bond donors (Lipinski definition) is 0. The number of sulfone groups is 1. The number of ketones is 1. The van der Waals surface area contributed by atoms with Crippen LogP contribution in [0.25, 0.3) is 0 Å².